The van der Waals surface area contributed by atoms with Crippen molar-refractivity contribution in [2.45, 2.75) is 18.9 Å². The van der Waals surface area contributed by atoms with E-state index in [2.05, 4.69) is 22.6 Å². The number of nitrogens with two attached hydrogens (primary N) is 1. The highest BCUT2D eigenvalue weighted by molar-refractivity contribution is 14.1. The summed E-state index contributed by atoms with van der Waals surface area (Å²) in [5, 5.41) is 0. The lowest BCUT2D eigenvalue weighted by molar-refractivity contribution is 0.0996. The molecule has 0 bridgehead atoms. The molecule has 2 rings (SSSR count). The molecule has 0 atom stereocenters. The third kappa shape index (κ3) is 2.17. The van der Waals surface area contributed by atoms with E-state index in [0.29, 0.717) is 11.3 Å². The van der Waals surface area contributed by atoms with Gasteiger partial charge in [0.2, 0.25) is 0 Å². The van der Waals surface area contributed by atoms with Crippen LogP contribution >= 0.6 is 22.6 Å². The summed E-state index contributed by atoms with van der Waals surface area (Å²) in [5.41, 5.74) is 5.73. The van der Waals surface area contributed by atoms with Gasteiger partial charge in [0.1, 0.15) is 5.75 Å². The number of amides is 1. The van der Waals surface area contributed by atoms with E-state index < -0.39 is 5.91 Å². The maximum atomic E-state index is 11.1. The molecule has 74 valence electrons. The van der Waals surface area contributed by atoms with Gasteiger partial charge >= 0.3 is 0 Å². The van der Waals surface area contributed by atoms with Crippen LogP contribution in [0.15, 0.2) is 18.2 Å². The summed E-state index contributed by atoms with van der Waals surface area (Å²) in [4.78, 5) is 11.1. The molecule has 1 saturated carbocycles. The second-order valence-electron chi connectivity index (χ2n) is 3.32. The molecule has 0 aliphatic heterocycles. The summed E-state index contributed by atoms with van der Waals surface area (Å²) in [6.07, 6.45) is 2.43. The van der Waals surface area contributed by atoms with Crippen molar-refractivity contribution in [2.75, 3.05) is 0 Å². The number of hydrogen-bond donors (Lipinski definition) is 1. The van der Waals surface area contributed by atoms with Crippen molar-refractivity contribution in [3.05, 3.63) is 27.3 Å². The number of benzene rings is 1. The summed E-state index contributed by atoms with van der Waals surface area (Å²) in [7, 11) is 0. The molecule has 1 fully saturated rings. The zero-order valence-corrected chi connectivity index (χ0v) is 9.65. The quantitative estimate of drug-likeness (QED) is 0.868. The lowest BCUT2D eigenvalue weighted by Gasteiger charge is -2.08. The van der Waals surface area contributed by atoms with Gasteiger partial charge in [-0.05, 0) is 53.6 Å². The van der Waals surface area contributed by atoms with Crippen LogP contribution in [0, 0.1) is 3.57 Å². The number of halogens is 1. The monoisotopic (exact) mass is 303 g/mol. The molecular weight excluding hydrogens is 293 g/mol. The number of rotatable bonds is 3. The molecule has 2 N–H and O–H groups in total. The average Bonchev–Trinajstić information content (AvgIpc) is 2.91. The number of hydrogen-bond acceptors (Lipinski definition) is 2. The zero-order valence-electron chi connectivity index (χ0n) is 7.50. The van der Waals surface area contributed by atoms with Crippen molar-refractivity contribution in [2.24, 2.45) is 5.73 Å². The second kappa shape index (κ2) is 3.76. The van der Waals surface area contributed by atoms with Gasteiger partial charge in [-0.2, -0.15) is 0 Å². The van der Waals surface area contributed by atoms with Crippen molar-refractivity contribution in [1.82, 2.24) is 0 Å². The van der Waals surface area contributed by atoms with Gasteiger partial charge in [0.25, 0.3) is 5.91 Å². The summed E-state index contributed by atoms with van der Waals surface area (Å²) in [6.45, 7) is 0. The third-order valence-electron chi connectivity index (χ3n) is 2.03. The lowest BCUT2D eigenvalue weighted by atomic mass is 10.2. The lowest BCUT2D eigenvalue weighted by Crippen LogP contribution is -2.13. The van der Waals surface area contributed by atoms with E-state index in [0.717, 1.165) is 16.4 Å². The standard InChI is InChI=1S/C10H10INO2/c11-6-1-4-9(14-7-2-3-7)8(5-6)10(12)13/h1,4-5,7H,2-3H2,(H2,12,13). The van der Waals surface area contributed by atoms with Gasteiger partial charge in [-0.3, -0.25) is 4.79 Å². The van der Waals surface area contributed by atoms with Gasteiger partial charge in [-0.1, -0.05) is 0 Å². The number of ether oxygens (including phenoxy) is 1. The fraction of sp³-hybridized carbons (Fsp3) is 0.300. The third-order valence-corrected chi connectivity index (χ3v) is 2.70. The van der Waals surface area contributed by atoms with Gasteiger partial charge in [0, 0.05) is 3.57 Å². The van der Waals surface area contributed by atoms with Crippen molar-refractivity contribution in [3.8, 4) is 5.75 Å². The Hall–Kier alpha value is -0.780. The number of carbonyl (C=O) groups excluding carboxylic acids is 1. The fourth-order valence-electron chi connectivity index (χ4n) is 1.16. The van der Waals surface area contributed by atoms with Crippen LogP contribution in [-0.4, -0.2) is 12.0 Å². The molecule has 3 nitrogen and oxygen atoms in total. The SMILES string of the molecule is NC(=O)c1cc(I)ccc1OC1CC1. The molecule has 1 aromatic carbocycles. The number of primary amides is 1. The summed E-state index contributed by atoms with van der Waals surface area (Å²) in [5.74, 6) is 0.180. The Labute approximate surface area is 95.8 Å². The molecule has 1 amide bonds. The molecule has 0 spiro atoms. The van der Waals surface area contributed by atoms with Crippen LogP contribution in [0.25, 0.3) is 0 Å². The first-order valence-corrected chi connectivity index (χ1v) is 5.50. The van der Waals surface area contributed by atoms with Crippen LogP contribution in [0.3, 0.4) is 0 Å². The molecule has 14 heavy (non-hydrogen) atoms. The minimum absolute atomic E-state index is 0.285. The molecule has 0 saturated heterocycles. The summed E-state index contributed by atoms with van der Waals surface area (Å²) in [6, 6.07) is 5.46. The van der Waals surface area contributed by atoms with Crippen molar-refractivity contribution in [3.63, 3.8) is 0 Å². The Morgan fingerprint density at radius 3 is 2.79 bits per heavy atom. The molecular formula is C10H10INO2. The molecule has 0 radical (unpaired) electrons. The molecule has 0 unspecified atom stereocenters. The molecule has 1 aliphatic carbocycles. The molecule has 0 heterocycles. The van der Waals surface area contributed by atoms with Crippen LogP contribution in [0.2, 0.25) is 0 Å². The topological polar surface area (TPSA) is 52.3 Å². The summed E-state index contributed by atoms with van der Waals surface area (Å²) < 4.78 is 6.55. The molecule has 4 heteroatoms. The Balaban J connectivity index is 2.31. The van der Waals surface area contributed by atoms with Crippen molar-refractivity contribution in [1.29, 1.82) is 0 Å². The van der Waals surface area contributed by atoms with Gasteiger partial charge in [-0.15, -0.1) is 0 Å². The van der Waals surface area contributed by atoms with Crippen LogP contribution in [0.5, 0.6) is 5.75 Å². The molecule has 1 aromatic rings. The van der Waals surface area contributed by atoms with Crippen LogP contribution < -0.4 is 10.5 Å². The van der Waals surface area contributed by atoms with Crippen LogP contribution in [0.1, 0.15) is 23.2 Å². The van der Waals surface area contributed by atoms with Crippen LogP contribution in [0.4, 0.5) is 0 Å². The predicted molar refractivity (Wildman–Crippen MR) is 61.3 cm³/mol. The Kier molecular flexibility index (Phi) is 2.62. The maximum Gasteiger partial charge on any atom is 0.252 e. The average molecular weight is 303 g/mol. The highest BCUT2D eigenvalue weighted by Crippen LogP contribution is 2.29. The van der Waals surface area contributed by atoms with Crippen molar-refractivity contribution >= 4 is 28.5 Å². The normalized spacial score (nSPS) is 15.2. The van der Waals surface area contributed by atoms with E-state index in [1.54, 1.807) is 12.1 Å². The van der Waals surface area contributed by atoms with E-state index >= 15 is 0 Å². The minimum atomic E-state index is -0.431. The zero-order chi connectivity index (χ0) is 10.1. The molecule has 1 aliphatic rings. The highest BCUT2D eigenvalue weighted by atomic mass is 127. The van der Waals surface area contributed by atoms with Gasteiger partial charge in [0.15, 0.2) is 0 Å². The first-order chi connectivity index (χ1) is 6.66. The fourth-order valence-corrected chi connectivity index (χ4v) is 1.65. The Morgan fingerprint density at radius 2 is 2.21 bits per heavy atom. The minimum Gasteiger partial charge on any atom is -0.490 e. The van der Waals surface area contributed by atoms with E-state index in [9.17, 15) is 4.79 Å². The Bertz CT molecular complexity index is 374. The van der Waals surface area contributed by atoms with Gasteiger partial charge < -0.3 is 10.5 Å². The first kappa shape index (κ1) is 9.76. The predicted octanol–water partition coefficient (Wildman–Crippen LogP) is 1.93. The van der Waals surface area contributed by atoms with E-state index in [-0.39, 0.29) is 6.10 Å². The molecule has 0 aromatic heterocycles. The smallest absolute Gasteiger partial charge is 0.252 e. The largest absolute Gasteiger partial charge is 0.490 e. The highest BCUT2D eigenvalue weighted by Gasteiger charge is 2.25. The van der Waals surface area contributed by atoms with Crippen molar-refractivity contribution < 1.29 is 9.53 Å². The maximum absolute atomic E-state index is 11.1. The first-order valence-electron chi connectivity index (χ1n) is 4.43. The van der Waals surface area contributed by atoms with Gasteiger partial charge in [0.05, 0.1) is 11.7 Å². The van der Waals surface area contributed by atoms with Crippen LogP contribution in [-0.2, 0) is 0 Å². The second-order valence-corrected chi connectivity index (χ2v) is 4.57. The van der Waals surface area contributed by atoms with Gasteiger partial charge in [-0.25, -0.2) is 0 Å². The Morgan fingerprint density at radius 1 is 1.50 bits per heavy atom. The van der Waals surface area contributed by atoms with E-state index in [4.69, 9.17) is 10.5 Å². The van der Waals surface area contributed by atoms with E-state index in [1.807, 2.05) is 6.07 Å². The summed E-state index contributed by atoms with van der Waals surface area (Å²) >= 11 is 2.14. The number of carbonyl (C=O) groups is 1. The van der Waals surface area contributed by atoms with E-state index in [1.165, 1.54) is 0 Å².